The van der Waals surface area contributed by atoms with Crippen LogP contribution in [-0.2, 0) is 38.5 Å². The summed E-state index contributed by atoms with van der Waals surface area (Å²) >= 11 is 0. The molecule has 0 amide bonds. The van der Waals surface area contributed by atoms with E-state index in [1.54, 1.807) is 244 Å². The normalized spacial score (nSPS) is 10.8. The van der Waals surface area contributed by atoms with Gasteiger partial charge in [-0.1, -0.05) is 42.5 Å². The van der Waals surface area contributed by atoms with Crippen LogP contribution in [0.5, 0.6) is 40.2 Å². The Bertz CT molecular complexity index is 8410. The first kappa shape index (κ1) is 96.2. The molecule has 24 aromatic rings. The third kappa shape index (κ3) is 25.4. The fourth-order valence-corrected chi connectivity index (χ4v) is 15.6. The number of fused-ring (bicyclic) bond motifs is 6. The van der Waals surface area contributed by atoms with Crippen LogP contribution in [0, 0.1) is 13.5 Å². The molecule has 148 heavy (non-hydrogen) atoms. The van der Waals surface area contributed by atoms with Gasteiger partial charge in [-0.25, -0.2) is 64.7 Å². The first-order chi connectivity index (χ1) is 72.4. The summed E-state index contributed by atoms with van der Waals surface area (Å²) < 4.78 is 0. The number of pyridine rings is 11. The Morgan fingerprint density at radius 1 is 0.203 bits per heavy atom. The molecule has 31 heteroatoms. The quantitative estimate of drug-likeness (QED) is 0.0392. The summed E-state index contributed by atoms with van der Waals surface area (Å²) in [6.45, 7) is 8.98. The van der Waals surface area contributed by atoms with Gasteiger partial charge in [0.15, 0.2) is 34.9 Å². The Morgan fingerprint density at radius 2 is 0.500 bits per heavy atom. The van der Waals surface area contributed by atoms with Crippen molar-refractivity contribution in [2.45, 2.75) is 45.4 Å². The number of nitrogens with zero attached hydrogens (tertiary/aromatic N) is 24. The highest BCUT2D eigenvalue weighted by Crippen LogP contribution is 2.31. The average molecular weight is 1940 g/mol. The van der Waals surface area contributed by atoms with Crippen molar-refractivity contribution in [3.05, 3.63) is 475 Å². The van der Waals surface area contributed by atoms with Crippen LogP contribution >= 0.6 is 0 Å². The van der Waals surface area contributed by atoms with Gasteiger partial charge in [0.2, 0.25) is 5.69 Å². The summed E-state index contributed by atoms with van der Waals surface area (Å²) in [7, 11) is 0. The van der Waals surface area contributed by atoms with Crippen LogP contribution in [-0.4, -0.2) is 150 Å². The number of phenols is 7. The molecule has 17 aromatic heterocycles. The molecule has 0 unspecified atom stereocenters. The summed E-state index contributed by atoms with van der Waals surface area (Å²) in [5.41, 5.74) is 28.6. The van der Waals surface area contributed by atoms with Crippen LogP contribution < -0.4 is 0 Å². The molecule has 0 fully saturated rings. The second kappa shape index (κ2) is 45.7. The molecule has 0 spiro atoms. The van der Waals surface area contributed by atoms with Crippen molar-refractivity contribution < 1.29 is 35.7 Å². The summed E-state index contributed by atoms with van der Waals surface area (Å²) in [5.74, 6) is 5.19. The van der Waals surface area contributed by atoms with E-state index in [9.17, 15) is 35.7 Å². The van der Waals surface area contributed by atoms with Crippen LogP contribution in [0.1, 0.15) is 72.7 Å². The lowest BCUT2D eigenvalue weighted by atomic mass is 10.1. The molecular weight excluding hydrogens is 1850 g/mol. The smallest absolute Gasteiger partial charge is 0.205 e. The van der Waals surface area contributed by atoms with Gasteiger partial charge in [-0.15, -0.1) is 0 Å². The van der Waals surface area contributed by atoms with E-state index in [0.29, 0.717) is 65.4 Å². The van der Waals surface area contributed by atoms with Crippen molar-refractivity contribution in [2.24, 2.45) is 0 Å². The van der Waals surface area contributed by atoms with Gasteiger partial charge in [0.25, 0.3) is 0 Å². The fraction of sp³-hybridized carbons (Fsp3) is 0.0598. The second-order valence-electron chi connectivity index (χ2n) is 34.1. The van der Waals surface area contributed by atoms with Crippen LogP contribution in [0.4, 0.5) is 5.69 Å². The summed E-state index contributed by atoms with van der Waals surface area (Å²) in [6, 6.07) is 81.6. The Morgan fingerprint density at radius 3 is 0.797 bits per heavy atom. The Labute approximate surface area is 846 Å². The van der Waals surface area contributed by atoms with E-state index in [1.807, 2.05) is 147 Å². The van der Waals surface area contributed by atoms with E-state index in [2.05, 4.69) is 126 Å². The molecular formula is C117H86N24O7. The van der Waals surface area contributed by atoms with Crippen molar-refractivity contribution >= 4 is 71.9 Å². The van der Waals surface area contributed by atoms with Gasteiger partial charge in [0, 0.05) is 157 Å². The maximum Gasteiger partial charge on any atom is 0.205 e. The molecule has 24 rings (SSSR count). The standard InChI is InChI=1S/C20H13N5O.C20H16N4O.C20H15N3O2.3C19H14N4O/c1-21-16-5-4-15(22-11-16)8-13-9-18-19(23-10-13)12-24-20(25-18)14-2-6-17(26)7-3-14;1-13-16(3-2-8-21-13)9-14-10-18-19(22-11-14)12-23-20(24-18)15-4-6-17(25)7-5-15;24-16-5-1-13(2-6-16)9-14-10-18-19(21-11-14)12-22-20(23-18)15-3-7-17(25)8-4-15;24-16-3-1-15(2-4-16)19-22-12-18-17(23-19)10-14(11-21-18)9-13-5-7-20-8-6-13;24-16-5-3-15(4-6-16)19-22-12-18-17(23-19)9-14(11-21-18)8-13-2-1-7-20-10-13;24-16-6-4-14(5-7-16)19-22-12-18-17(23-19)10-13(11-21-18)9-15-3-1-2-8-20-15/h2-7,9-12,26H,8H2;2-8,10-12,25H,9H2,1H3;1-8,10-12,24-25H,9H2;1-8,10-12,24H,9H2;1-7,9-12,24H,8H2;1-8,10-12,24H,9H2. The lowest BCUT2D eigenvalue weighted by Crippen LogP contribution is -1.97. The molecule has 0 aliphatic carbocycles. The molecule has 0 aliphatic rings. The second-order valence-corrected chi connectivity index (χ2v) is 34.1. The minimum atomic E-state index is 0.204. The molecule has 17 heterocycles. The molecule has 716 valence electrons. The molecule has 0 aliphatic heterocycles. The number of aryl methyl sites for hydroxylation is 1. The zero-order valence-corrected chi connectivity index (χ0v) is 79.1. The molecule has 0 radical (unpaired) electrons. The third-order valence-corrected chi connectivity index (χ3v) is 23.3. The lowest BCUT2D eigenvalue weighted by Gasteiger charge is -2.06. The largest absolute Gasteiger partial charge is 0.508 e. The van der Waals surface area contributed by atoms with E-state index in [0.717, 1.165) is 175 Å². The Kier molecular flexibility index (Phi) is 29.7. The van der Waals surface area contributed by atoms with Crippen LogP contribution in [0.3, 0.4) is 0 Å². The molecule has 7 N–H and O–H groups in total. The number of hydrogen-bond donors (Lipinski definition) is 7. The third-order valence-electron chi connectivity index (χ3n) is 23.3. The van der Waals surface area contributed by atoms with E-state index in [1.165, 1.54) is 11.1 Å². The fourth-order valence-electron chi connectivity index (χ4n) is 15.6. The van der Waals surface area contributed by atoms with Gasteiger partial charge in [-0.3, -0.25) is 54.8 Å². The lowest BCUT2D eigenvalue weighted by molar-refractivity contribution is 0.474. The van der Waals surface area contributed by atoms with Crippen LogP contribution in [0.15, 0.2) is 391 Å². The van der Waals surface area contributed by atoms with Gasteiger partial charge in [0.05, 0.1) is 76.9 Å². The molecule has 0 bridgehead atoms. The average Bonchev–Trinajstić information content (AvgIpc) is 0.797. The molecule has 7 aromatic carbocycles. The first-order valence-electron chi connectivity index (χ1n) is 46.6. The summed E-state index contributed by atoms with van der Waals surface area (Å²) in [4.78, 5) is 105. The van der Waals surface area contributed by atoms with E-state index in [4.69, 9.17) is 6.57 Å². The predicted octanol–water partition coefficient (Wildman–Crippen LogP) is 21.5. The van der Waals surface area contributed by atoms with Crippen molar-refractivity contribution in [3.8, 4) is 109 Å². The van der Waals surface area contributed by atoms with Gasteiger partial charge in [0.1, 0.15) is 73.3 Å². The summed E-state index contributed by atoms with van der Waals surface area (Å²) in [5, 5.41) is 65.8. The highest BCUT2D eigenvalue weighted by Gasteiger charge is 2.16. The minimum absolute atomic E-state index is 0.204. The SMILES string of the molecule is Cc1ncccc1Cc1cnc2cnc(-c3ccc(O)cc3)nc2c1.Oc1ccc(-c2ncc3ncc(Cc4ccccn4)cc3n2)cc1.Oc1ccc(-c2ncc3ncc(Cc4cccnc4)cc3n2)cc1.Oc1ccc(-c2ncc3ncc(Cc4ccncc4)cc3n2)cc1.Oc1ccc(Cc2cnc3cnc(-c4ccc(O)cc4)nc3c2)cc1.[C-]#[N+]c1ccc(Cc2cnc3cnc(-c4ccc(O)cc4)nc3c2)nc1. The highest BCUT2D eigenvalue weighted by atomic mass is 16.3. The topological polar surface area (TPSA) is 442 Å². The number of benzene rings is 7. The van der Waals surface area contributed by atoms with Crippen LogP contribution in [0.2, 0.25) is 0 Å². The zero-order chi connectivity index (χ0) is 101. The Balaban J connectivity index is 0.000000112. The number of hydrogen-bond acceptors (Lipinski definition) is 30. The van der Waals surface area contributed by atoms with Crippen molar-refractivity contribution in [1.82, 2.24) is 115 Å². The van der Waals surface area contributed by atoms with Gasteiger partial charge < -0.3 is 35.7 Å². The van der Waals surface area contributed by atoms with Crippen molar-refractivity contribution in [3.63, 3.8) is 0 Å². The van der Waals surface area contributed by atoms with Crippen molar-refractivity contribution in [2.75, 3.05) is 0 Å². The molecule has 31 nitrogen and oxygen atoms in total. The van der Waals surface area contributed by atoms with Crippen molar-refractivity contribution in [1.29, 1.82) is 0 Å². The minimum Gasteiger partial charge on any atom is -0.508 e. The molecule has 0 saturated carbocycles. The number of aromatic hydroxyl groups is 7. The van der Waals surface area contributed by atoms with Gasteiger partial charge in [-0.2, -0.15) is 0 Å². The predicted molar refractivity (Wildman–Crippen MR) is 564 cm³/mol. The Hall–Kier alpha value is -20.7. The number of aromatic nitrogens is 23. The van der Waals surface area contributed by atoms with Crippen LogP contribution in [0.25, 0.3) is 139 Å². The van der Waals surface area contributed by atoms with E-state index >= 15 is 0 Å². The van der Waals surface area contributed by atoms with E-state index < -0.39 is 0 Å². The first-order valence-corrected chi connectivity index (χ1v) is 46.6. The van der Waals surface area contributed by atoms with E-state index in [-0.39, 0.29) is 40.2 Å². The maximum absolute atomic E-state index is 9.42. The van der Waals surface area contributed by atoms with Gasteiger partial charge in [-0.05, 0) is 306 Å². The number of phenolic OH excluding ortho intramolecular Hbond substituents is 7. The van der Waals surface area contributed by atoms with Gasteiger partial charge >= 0.3 is 0 Å². The monoisotopic (exact) mass is 1940 g/mol. The zero-order valence-electron chi connectivity index (χ0n) is 79.1. The summed E-state index contributed by atoms with van der Waals surface area (Å²) in [6.07, 6.45) is 38.0. The highest BCUT2D eigenvalue weighted by molar-refractivity contribution is 5.82. The molecule has 0 atom stereocenters. The number of rotatable bonds is 18. The molecule has 0 saturated heterocycles. The maximum atomic E-state index is 9.42.